The predicted molar refractivity (Wildman–Crippen MR) is 76.6 cm³/mol. The molecule has 21 heavy (non-hydrogen) atoms. The zero-order valence-electron chi connectivity index (χ0n) is 11.4. The molecule has 0 radical (unpaired) electrons. The van der Waals surface area contributed by atoms with Gasteiger partial charge in [-0.3, -0.25) is 4.79 Å². The fraction of sp³-hybridized carbons (Fsp3) is 0.308. The Kier molecular flexibility index (Phi) is 3.69. The zero-order chi connectivity index (χ0) is 14.7. The molecule has 0 saturated heterocycles. The van der Waals surface area contributed by atoms with Gasteiger partial charge in [0.1, 0.15) is 12.2 Å². The molecule has 0 aliphatic rings. The van der Waals surface area contributed by atoms with Gasteiger partial charge >= 0.3 is 0 Å². The van der Waals surface area contributed by atoms with Crippen molar-refractivity contribution < 1.29 is 0 Å². The summed E-state index contributed by atoms with van der Waals surface area (Å²) in [4.78, 5) is 12.3. The normalized spacial score (nSPS) is 11.1. The summed E-state index contributed by atoms with van der Waals surface area (Å²) in [5, 5.41) is 16.5. The van der Waals surface area contributed by atoms with Gasteiger partial charge in [0.2, 0.25) is 0 Å². The van der Waals surface area contributed by atoms with Gasteiger partial charge in [0, 0.05) is 0 Å². The van der Waals surface area contributed by atoms with Gasteiger partial charge in [0.05, 0.1) is 17.3 Å². The fourth-order valence-electron chi connectivity index (χ4n) is 2.06. The third-order valence-corrected chi connectivity index (χ3v) is 3.13. The van der Waals surface area contributed by atoms with Gasteiger partial charge in [0.25, 0.3) is 5.56 Å². The van der Waals surface area contributed by atoms with E-state index in [1.807, 2.05) is 6.07 Å². The number of aromatic nitrogens is 6. The third kappa shape index (κ3) is 2.79. The average molecular weight is 285 g/mol. The summed E-state index contributed by atoms with van der Waals surface area (Å²) in [5.74, 6) is 0. The lowest BCUT2D eigenvalue weighted by Gasteiger charge is -2.03. The minimum Gasteiger partial charge on any atom is -0.330 e. The molecule has 1 aromatic carbocycles. The van der Waals surface area contributed by atoms with Crippen molar-refractivity contribution in [1.82, 2.24) is 30.0 Å². The smallest absolute Gasteiger partial charge is 0.279 e. The summed E-state index contributed by atoms with van der Waals surface area (Å²) in [6.45, 7) is 0.800. The molecule has 2 aromatic heterocycles. The number of hydrogen-bond acceptors (Lipinski definition) is 6. The second kappa shape index (κ2) is 5.80. The maximum atomic E-state index is 12.3. The molecule has 108 valence electrons. The summed E-state index contributed by atoms with van der Waals surface area (Å²) in [6.07, 6.45) is 3.42. The van der Waals surface area contributed by atoms with E-state index in [1.54, 1.807) is 29.1 Å². The monoisotopic (exact) mass is 285 g/mol. The van der Waals surface area contributed by atoms with Gasteiger partial charge in [-0.1, -0.05) is 22.6 Å². The molecule has 0 aliphatic carbocycles. The van der Waals surface area contributed by atoms with Crippen molar-refractivity contribution in [2.24, 2.45) is 5.73 Å². The van der Waals surface area contributed by atoms with Gasteiger partial charge in [0.15, 0.2) is 0 Å². The second-order valence-electron chi connectivity index (χ2n) is 4.69. The zero-order valence-corrected chi connectivity index (χ0v) is 11.4. The van der Waals surface area contributed by atoms with Gasteiger partial charge in [-0.15, -0.1) is 10.2 Å². The second-order valence-corrected chi connectivity index (χ2v) is 4.69. The van der Waals surface area contributed by atoms with Crippen molar-refractivity contribution >= 4 is 10.9 Å². The molecule has 2 N–H and O–H groups in total. The molecular formula is C13H15N7O. The van der Waals surface area contributed by atoms with Crippen molar-refractivity contribution in [3.8, 4) is 0 Å². The van der Waals surface area contributed by atoms with Crippen molar-refractivity contribution in [2.75, 3.05) is 6.54 Å². The molecule has 0 atom stereocenters. The molecule has 3 aromatic rings. The summed E-state index contributed by atoms with van der Waals surface area (Å²) in [6, 6.07) is 7.11. The van der Waals surface area contributed by atoms with E-state index in [0.29, 0.717) is 17.4 Å². The largest absolute Gasteiger partial charge is 0.330 e. The van der Waals surface area contributed by atoms with E-state index in [9.17, 15) is 4.79 Å². The van der Waals surface area contributed by atoms with Crippen LogP contribution >= 0.6 is 0 Å². The summed E-state index contributed by atoms with van der Waals surface area (Å²) >= 11 is 0. The molecule has 8 nitrogen and oxygen atoms in total. The van der Waals surface area contributed by atoms with Crippen LogP contribution in [0.25, 0.3) is 10.9 Å². The summed E-state index contributed by atoms with van der Waals surface area (Å²) < 4.78 is 2.83. The molecule has 0 bridgehead atoms. The standard InChI is InChI=1S/C13H15N7O/c14-7-3-4-10-8-19(17-15-10)9-20-13(21)11-5-1-2-6-12(11)16-18-20/h1-2,5-6,8H,3-4,7,9,14H2. The van der Waals surface area contributed by atoms with E-state index in [-0.39, 0.29) is 12.2 Å². The number of aryl methyl sites for hydroxylation is 1. The van der Waals surface area contributed by atoms with Crippen LogP contribution in [0.1, 0.15) is 12.1 Å². The van der Waals surface area contributed by atoms with Crippen molar-refractivity contribution in [3.63, 3.8) is 0 Å². The Hall–Kier alpha value is -2.61. The number of benzene rings is 1. The molecule has 0 saturated carbocycles. The van der Waals surface area contributed by atoms with Gasteiger partial charge < -0.3 is 5.73 Å². The Morgan fingerprint density at radius 3 is 2.86 bits per heavy atom. The van der Waals surface area contributed by atoms with E-state index >= 15 is 0 Å². The summed E-state index contributed by atoms with van der Waals surface area (Å²) in [5.41, 5.74) is 6.70. The van der Waals surface area contributed by atoms with Crippen molar-refractivity contribution in [1.29, 1.82) is 0 Å². The van der Waals surface area contributed by atoms with Crippen LogP contribution in [0.3, 0.4) is 0 Å². The van der Waals surface area contributed by atoms with Crippen LogP contribution in [0, 0.1) is 0 Å². The summed E-state index contributed by atoms with van der Waals surface area (Å²) in [7, 11) is 0. The first-order valence-electron chi connectivity index (χ1n) is 6.69. The van der Waals surface area contributed by atoms with Crippen LogP contribution in [-0.2, 0) is 13.1 Å². The minimum absolute atomic E-state index is 0.187. The quantitative estimate of drug-likeness (QED) is 0.695. The first-order valence-corrected chi connectivity index (χ1v) is 6.69. The first-order chi connectivity index (χ1) is 10.3. The maximum Gasteiger partial charge on any atom is 0.279 e. The molecule has 0 aliphatic heterocycles. The lowest BCUT2D eigenvalue weighted by atomic mass is 10.2. The maximum absolute atomic E-state index is 12.3. The molecule has 0 spiro atoms. The van der Waals surface area contributed by atoms with E-state index in [2.05, 4.69) is 20.6 Å². The van der Waals surface area contributed by atoms with Crippen LogP contribution in [-0.4, -0.2) is 36.5 Å². The lowest BCUT2D eigenvalue weighted by molar-refractivity contribution is 0.456. The van der Waals surface area contributed by atoms with Crippen LogP contribution in [0.4, 0.5) is 0 Å². The first kappa shape index (κ1) is 13.4. The number of nitrogens with two attached hydrogens (primary N) is 1. The highest BCUT2D eigenvalue weighted by Crippen LogP contribution is 2.03. The molecule has 0 fully saturated rings. The molecule has 3 rings (SSSR count). The predicted octanol–water partition coefficient (Wildman–Crippen LogP) is -0.220. The molecule has 2 heterocycles. The van der Waals surface area contributed by atoms with E-state index in [1.165, 1.54) is 4.68 Å². The highest BCUT2D eigenvalue weighted by atomic mass is 16.1. The Bertz CT molecular complexity index is 807. The number of rotatable bonds is 5. The van der Waals surface area contributed by atoms with Gasteiger partial charge in [-0.2, -0.15) is 4.68 Å². The van der Waals surface area contributed by atoms with Crippen LogP contribution < -0.4 is 11.3 Å². The van der Waals surface area contributed by atoms with Crippen molar-refractivity contribution in [3.05, 3.63) is 46.5 Å². The van der Waals surface area contributed by atoms with E-state index < -0.39 is 0 Å². The Labute approximate surface area is 120 Å². The van der Waals surface area contributed by atoms with Gasteiger partial charge in [-0.25, -0.2) is 4.68 Å². The SMILES string of the molecule is NCCCc1cn(Cn2nnc3ccccc3c2=O)nn1. The van der Waals surface area contributed by atoms with Gasteiger partial charge in [-0.05, 0) is 31.5 Å². The topological polar surface area (TPSA) is 105 Å². The lowest BCUT2D eigenvalue weighted by Crippen LogP contribution is -2.27. The molecule has 0 amide bonds. The Morgan fingerprint density at radius 1 is 1.14 bits per heavy atom. The van der Waals surface area contributed by atoms with E-state index in [4.69, 9.17) is 5.73 Å². The van der Waals surface area contributed by atoms with Crippen LogP contribution in [0.2, 0.25) is 0 Å². The molecule has 8 heteroatoms. The Balaban J connectivity index is 1.86. The third-order valence-electron chi connectivity index (χ3n) is 3.13. The highest BCUT2D eigenvalue weighted by molar-refractivity contribution is 5.76. The van der Waals surface area contributed by atoms with Crippen LogP contribution in [0.5, 0.6) is 0 Å². The minimum atomic E-state index is -0.195. The number of nitrogens with zero attached hydrogens (tertiary/aromatic N) is 6. The van der Waals surface area contributed by atoms with Crippen molar-refractivity contribution in [2.45, 2.75) is 19.5 Å². The highest BCUT2D eigenvalue weighted by Gasteiger charge is 2.07. The van der Waals surface area contributed by atoms with E-state index in [0.717, 1.165) is 18.5 Å². The number of hydrogen-bond donors (Lipinski definition) is 1. The average Bonchev–Trinajstić information content (AvgIpc) is 2.96. The number of fused-ring (bicyclic) bond motifs is 1. The Morgan fingerprint density at radius 2 is 2.00 bits per heavy atom. The van der Waals surface area contributed by atoms with Crippen LogP contribution in [0.15, 0.2) is 35.3 Å². The fourth-order valence-corrected chi connectivity index (χ4v) is 2.06. The molecular weight excluding hydrogens is 270 g/mol. The molecule has 0 unspecified atom stereocenters.